The van der Waals surface area contributed by atoms with Gasteiger partial charge in [-0.1, -0.05) is 25.7 Å². The molecule has 9 heteroatoms. The van der Waals surface area contributed by atoms with Crippen LogP contribution in [0.1, 0.15) is 57.8 Å². The zero-order valence-corrected chi connectivity index (χ0v) is 15.4. The fourth-order valence-electron chi connectivity index (χ4n) is 3.23. The molecular weight excluding hydrogens is 344 g/mol. The van der Waals surface area contributed by atoms with Crippen LogP contribution in [0.5, 0.6) is 0 Å². The van der Waals surface area contributed by atoms with Gasteiger partial charge in [-0.25, -0.2) is 4.79 Å². The van der Waals surface area contributed by atoms with Crippen molar-refractivity contribution < 1.29 is 19.1 Å². The van der Waals surface area contributed by atoms with Gasteiger partial charge in [0, 0.05) is 13.0 Å². The van der Waals surface area contributed by atoms with Crippen molar-refractivity contribution in [2.45, 2.75) is 63.3 Å². The van der Waals surface area contributed by atoms with E-state index in [1.165, 1.54) is 7.11 Å². The van der Waals surface area contributed by atoms with Crippen LogP contribution in [-0.4, -0.2) is 47.2 Å². The lowest BCUT2D eigenvalue weighted by atomic mass is 9.82. The molecule has 8 nitrogen and oxygen atoms in total. The van der Waals surface area contributed by atoms with Crippen LogP contribution in [0.3, 0.4) is 0 Å². The summed E-state index contributed by atoms with van der Waals surface area (Å²) in [6.45, 7) is 0.599. The average molecular weight is 370 g/mol. The van der Waals surface area contributed by atoms with Crippen LogP contribution in [0.25, 0.3) is 0 Å². The Bertz CT molecular complexity index is 534. The highest BCUT2D eigenvalue weighted by atomic mass is 32.1. The van der Waals surface area contributed by atoms with E-state index in [4.69, 9.17) is 12.2 Å². The lowest BCUT2D eigenvalue weighted by molar-refractivity contribution is -0.140. The second-order valence-corrected chi connectivity index (χ2v) is 6.88. The number of carbonyl (C=O) groups excluding carboxylic acids is 3. The molecule has 2 aliphatic rings. The van der Waals surface area contributed by atoms with Crippen molar-refractivity contribution in [1.82, 2.24) is 21.1 Å². The predicted octanol–water partition coefficient (Wildman–Crippen LogP) is 1.35. The maximum atomic E-state index is 12.6. The Morgan fingerprint density at radius 2 is 1.96 bits per heavy atom. The van der Waals surface area contributed by atoms with Gasteiger partial charge in [0.05, 0.1) is 7.11 Å². The SMILES string of the molecule is COC(=O)CCCCCNC(=S)NN1C(=O)NC2(CCCCC2)C1=O. The van der Waals surface area contributed by atoms with E-state index in [0.717, 1.165) is 43.5 Å². The minimum absolute atomic E-state index is 0.208. The summed E-state index contributed by atoms with van der Waals surface area (Å²) in [7, 11) is 1.38. The van der Waals surface area contributed by atoms with Crippen LogP contribution in [0.15, 0.2) is 0 Å². The number of methoxy groups -OCH3 is 1. The molecule has 1 saturated heterocycles. The predicted molar refractivity (Wildman–Crippen MR) is 95.4 cm³/mol. The first-order valence-corrected chi connectivity index (χ1v) is 9.17. The van der Waals surface area contributed by atoms with Gasteiger partial charge in [0.15, 0.2) is 5.11 Å². The molecule has 25 heavy (non-hydrogen) atoms. The minimum Gasteiger partial charge on any atom is -0.469 e. The second-order valence-electron chi connectivity index (χ2n) is 6.47. The first-order chi connectivity index (χ1) is 12.0. The number of urea groups is 1. The Kier molecular flexibility index (Phi) is 6.98. The summed E-state index contributed by atoms with van der Waals surface area (Å²) in [6, 6.07) is -0.450. The van der Waals surface area contributed by atoms with E-state index in [2.05, 4.69) is 20.8 Å². The number of carbonyl (C=O) groups is 3. The molecule has 2 rings (SSSR count). The highest BCUT2D eigenvalue weighted by Crippen LogP contribution is 2.32. The van der Waals surface area contributed by atoms with Crippen molar-refractivity contribution in [1.29, 1.82) is 0 Å². The molecule has 2 fully saturated rings. The third-order valence-electron chi connectivity index (χ3n) is 4.65. The molecule has 1 aliphatic heterocycles. The molecule has 3 N–H and O–H groups in total. The molecule has 1 saturated carbocycles. The largest absolute Gasteiger partial charge is 0.469 e. The molecule has 1 aliphatic carbocycles. The maximum absolute atomic E-state index is 12.6. The maximum Gasteiger partial charge on any atom is 0.344 e. The Balaban J connectivity index is 1.69. The third kappa shape index (κ3) is 5.04. The number of ether oxygens (including phenoxy) is 1. The number of amides is 3. The monoisotopic (exact) mass is 370 g/mol. The second kappa shape index (κ2) is 8.98. The van der Waals surface area contributed by atoms with Gasteiger partial charge in [-0.05, 0) is 37.9 Å². The summed E-state index contributed by atoms with van der Waals surface area (Å²) >= 11 is 5.15. The highest BCUT2D eigenvalue weighted by Gasteiger charge is 2.51. The summed E-state index contributed by atoms with van der Waals surface area (Å²) in [4.78, 5) is 35.7. The van der Waals surface area contributed by atoms with Crippen LogP contribution < -0.4 is 16.1 Å². The summed E-state index contributed by atoms with van der Waals surface area (Å²) in [5.41, 5.74) is 1.93. The van der Waals surface area contributed by atoms with Gasteiger partial charge >= 0.3 is 12.0 Å². The number of rotatable bonds is 7. The lowest BCUT2D eigenvalue weighted by Crippen LogP contribution is -2.52. The van der Waals surface area contributed by atoms with Crippen LogP contribution in [0.4, 0.5) is 4.79 Å². The quantitative estimate of drug-likeness (QED) is 0.269. The average Bonchev–Trinajstić information content (AvgIpc) is 2.82. The normalized spacial score (nSPS) is 18.8. The Morgan fingerprint density at radius 3 is 2.64 bits per heavy atom. The molecule has 0 radical (unpaired) electrons. The summed E-state index contributed by atoms with van der Waals surface area (Å²) < 4.78 is 4.58. The van der Waals surface area contributed by atoms with Crippen molar-refractivity contribution >= 4 is 35.2 Å². The van der Waals surface area contributed by atoms with Crippen molar-refractivity contribution in [3.8, 4) is 0 Å². The highest BCUT2D eigenvalue weighted by molar-refractivity contribution is 7.80. The van der Waals surface area contributed by atoms with Gasteiger partial charge in [-0.15, -0.1) is 0 Å². The molecule has 1 spiro atoms. The van der Waals surface area contributed by atoms with Gasteiger partial charge < -0.3 is 15.4 Å². The van der Waals surface area contributed by atoms with Crippen molar-refractivity contribution in [3.63, 3.8) is 0 Å². The van der Waals surface area contributed by atoms with E-state index < -0.39 is 11.6 Å². The van der Waals surface area contributed by atoms with E-state index >= 15 is 0 Å². The number of nitrogens with one attached hydrogen (secondary N) is 3. The zero-order valence-electron chi connectivity index (χ0n) is 14.6. The smallest absolute Gasteiger partial charge is 0.344 e. The zero-order chi connectivity index (χ0) is 18.3. The number of thiocarbonyl (C=S) groups is 1. The first-order valence-electron chi connectivity index (χ1n) is 8.76. The Morgan fingerprint density at radius 1 is 1.24 bits per heavy atom. The number of hydrogen-bond donors (Lipinski definition) is 3. The van der Waals surface area contributed by atoms with E-state index in [1.54, 1.807) is 0 Å². The fourth-order valence-corrected chi connectivity index (χ4v) is 3.43. The third-order valence-corrected chi connectivity index (χ3v) is 4.89. The lowest BCUT2D eigenvalue weighted by Gasteiger charge is -2.30. The van der Waals surface area contributed by atoms with Gasteiger partial charge in [0.25, 0.3) is 5.91 Å². The van der Waals surface area contributed by atoms with E-state index in [-0.39, 0.29) is 17.0 Å². The molecule has 1 heterocycles. The molecule has 0 aromatic rings. The van der Waals surface area contributed by atoms with Gasteiger partial charge in [-0.2, -0.15) is 5.01 Å². The van der Waals surface area contributed by atoms with Gasteiger partial charge in [0.1, 0.15) is 5.54 Å². The minimum atomic E-state index is -0.758. The number of unbranched alkanes of at least 4 members (excludes halogenated alkanes) is 2. The summed E-state index contributed by atoms with van der Waals surface area (Å²) in [5, 5.41) is 7.02. The van der Waals surface area contributed by atoms with Crippen LogP contribution in [0.2, 0.25) is 0 Å². The van der Waals surface area contributed by atoms with E-state index in [9.17, 15) is 14.4 Å². The van der Waals surface area contributed by atoms with Crippen LogP contribution >= 0.6 is 12.2 Å². The summed E-state index contributed by atoms with van der Waals surface area (Å²) in [6.07, 6.45) is 7.16. The molecule has 0 aromatic heterocycles. The summed E-state index contributed by atoms with van der Waals surface area (Å²) in [5.74, 6) is -0.459. The Hall–Kier alpha value is -1.90. The standard InChI is InChI=1S/C16H26N4O4S/c1-24-12(21)8-4-2-7-11-17-14(25)19-20-13(22)16(18-15(20)23)9-5-3-6-10-16/h2-11H2,1H3,(H,18,23)(H2,17,19,25). The molecular formula is C16H26N4O4S. The number of hydrogen-bond acceptors (Lipinski definition) is 5. The van der Waals surface area contributed by atoms with Gasteiger partial charge in [-0.3, -0.25) is 15.0 Å². The van der Waals surface area contributed by atoms with Crippen LogP contribution in [0, 0.1) is 0 Å². The van der Waals surface area contributed by atoms with E-state index in [1.807, 2.05) is 0 Å². The molecule has 0 aromatic carbocycles. The van der Waals surface area contributed by atoms with Crippen molar-refractivity contribution in [2.75, 3.05) is 13.7 Å². The van der Waals surface area contributed by atoms with Crippen molar-refractivity contribution in [3.05, 3.63) is 0 Å². The number of hydrazine groups is 1. The van der Waals surface area contributed by atoms with E-state index in [0.29, 0.717) is 25.8 Å². The number of imide groups is 1. The topological polar surface area (TPSA) is 99.8 Å². The van der Waals surface area contributed by atoms with Gasteiger partial charge in [0.2, 0.25) is 0 Å². The molecule has 0 bridgehead atoms. The molecule has 0 unspecified atom stereocenters. The molecule has 140 valence electrons. The fraction of sp³-hybridized carbons (Fsp3) is 0.750. The molecule has 0 atom stereocenters. The Labute approximate surface area is 153 Å². The number of nitrogens with zero attached hydrogens (tertiary/aromatic N) is 1. The first kappa shape index (κ1) is 19.4. The van der Waals surface area contributed by atoms with Crippen molar-refractivity contribution in [2.24, 2.45) is 0 Å². The van der Waals surface area contributed by atoms with Crippen LogP contribution in [-0.2, 0) is 14.3 Å². The molecule has 3 amide bonds. The number of esters is 1.